The fraction of sp³-hybridized carbons (Fsp3) is 0.0769. The standard InChI is InChI=1S/C13H11F2N/c1-8-4-9(6-11(16)5-8)12-7-10(14)2-3-13(12)15/h2-7H,16H2,1H3. The first-order valence-corrected chi connectivity index (χ1v) is 4.89. The van der Waals surface area contributed by atoms with Gasteiger partial charge in [-0.1, -0.05) is 6.07 Å². The molecule has 0 fully saturated rings. The van der Waals surface area contributed by atoms with Crippen LogP contribution < -0.4 is 5.73 Å². The van der Waals surface area contributed by atoms with E-state index in [1.807, 2.05) is 6.92 Å². The minimum atomic E-state index is -0.462. The van der Waals surface area contributed by atoms with Crippen molar-refractivity contribution in [1.29, 1.82) is 0 Å². The number of anilines is 1. The van der Waals surface area contributed by atoms with Crippen LogP contribution in [0.1, 0.15) is 5.56 Å². The molecule has 16 heavy (non-hydrogen) atoms. The number of halogens is 2. The molecule has 0 heterocycles. The molecular formula is C13H11F2N. The van der Waals surface area contributed by atoms with Gasteiger partial charge >= 0.3 is 0 Å². The van der Waals surface area contributed by atoms with Gasteiger partial charge in [-0.2, -0.15) is 0 Å². The van der Waals surface area contributed by atoms with Crippen molar-refractivity contribution in [3.05, 3.63) is 53.6 Å². The summed E-state index contributed by atoms with van der Waals surface area (Å²) in [7, 11) is 0. The van der Waals surface area contributed by atoms with Crippen LogP contribution in [0.25, 0.3) is 11.1 Å². The van der Waals surface area contributed by atoms with Crippen molar-refractivity contribution in [3.8, 4) is 11.1 Å². The number of nitrogens with two attached hydrogens (primary N) is 1. The van der Waals surface area contributed by atoms with Gasteiger partial charge in [0.15, 0.2) is 0 Å². The number of benzene rings is 2. The number of hydrogen-bond acceptors (Lipinski definition) is 1. The summed E-state index contributed by atoms with van der Waals surface area (Å²) in [4.78, 5) is 0. The van der Waals surface area contributed by atoms with Crippen molar-refractivity contribution in [2.75, 3.05) is 5.73 Å². The van der Waals surface area contributed by atoms with Crippen molar-refractivity contribution in [1.82, 2.24) is 0 Å². The first kappa shape index (κ1) is 10.6. The lowest BCUT2D eigenvalue weighted by atomic mass is 10.0. The second kappa shape index (κ2) is 3.93. The molecule has 0 spiro atoms. The van der Waals surface area contributed by atoms with Crippen LogP contribution >= 0.6 is 0 Å². The molecule has 0 aliphatic heterocycles. The van der Waals surface area contributed by atoms with Gasteiger partial charge in [0.2, 0.25) is 0 Å². The zero-order chi connectivity index (χ0) is 11.7. The van der Waals surface area contributed by atoms with E-state index in [9.17, 15) is 8.78 Å². The molecule has 2 rings (SSSR count). The minimum Gasteiger partial charge on any atom is -0.399 e. The smallest absolute Gasteiger partial charge is 0.131 e. The van der Waals surface area contributed by atoms with Gasteiger partial charge in [0.05, 0.1) is 0 Å². The molecule has 2 aromatic rings. The molecule has 1 nitrogen and oxygen atoms in total. The molecule has 0 atom stereocenters. The minimum absolute atomic E-state index is 0.232. The highest BCUT2D eigenvalue weighted by atomic mass is 19.1. The van der Waals surface area contributed by atoms with Crippen LogP contribution in [0.4, 0.5) is 14.5 Å². The summed E-state index contributed by atoms with van der Waals surface area (Å²) in [6.07, 6.45) is 0. The molecule has 2 aromatic carbocycles. The Bertz CT molecular complexity index is 515. The maximum atomic E-state index is 13.5. The van der Waals surface area contributed by atoms with E-state index in [1.165, 1.54) is 6.07 Å². The van der Waals surface area contributed by atoms with E-state index in [0.29, 0.717) is 11.3 Å². The fourth-order valence-corrected chi connectivity index (χ4v) is 1.69. The molecular weight excluding hydrogens is 208 g/mol. The monoisotopic (exact) mass is 219 g/mol. The Balaban J connectivity index is 2.62. The van der Waals surface area contributed by atoms with Gasteiger partial charge in [-0.25, -0.2) is 8.78 Å². The zero-order valence-electron chi connectivity index (χ0n) is 8.80. The Labute approximate surface area is 92.5 Å². The molecule has 82 valence electrons. The molecule has 0 amide bonds. The quantitative estimate of drug-likeness (QED) is 0.729. The van der Waals surface area contributed by atoms with Crippen LogP contribution in [0.5, 0.6) is 0 Å². The molecule has 0 aliphatic carbocycles. The average molecular weight is 219 g/mol. The second-order valence-electron chi connectivity index (χ2n) is 3.76. The highest BCUT2D eigenvalue weighted by Crippen LogP contribution is 2.26. The molecule has 0 aliphatic rings. The zero-order valence-corrected chi connectivity index (χ0v) is 8.80. The van der Waals surface area contributed by atoms with Crippen LogP contribution in [-0.4, -0.2) is 0 Å². The maximum absolute atomic E-state index is 13.5. The molecule has 2 N–H and O–H groups in total. The van der Waals surface area contributed by atoms with Crippen molar-refractivity contribution in [2.45, 2.75) is 6.92 Å². The Morgan fingerprint density at radius 3 is 2.44 bits per heavy atom. The SMILES string of the molecule is Cc1cc(N)cc(-c2cc(F)ccc2F)c1. The van der Waals surface area contributed by atoms with Crippen LogP contribution in [0, 0.1) is 18.6 Å². The summed E-state index contributed by atoms with van der Waals surface area (Å²) < 4.78 is 26.5. The summed E-state index contributed by atoms with van der Waals surface area (Å²) >= 11 is 0. The lowest BCUT2D eigenvalue weighted by Crippen LogP contribution is -1.91. The fourth-order valence-electron chi connectivity index (χ4n) is 1.69. The topological polar surface area (TPSA) is 26.0 Å². The molecule has 0 saturated carbocycles. The molecule has 0 aromatic heterocycles. The van der Waals surface area contributed by atoms with E-state index in [2.05, 4.69) is 0 Å². The van der Waals surface area contributed by atoms with Gasteiger partial charge in [-0.05, 0) is 48.4 Å². The van der Waals surface area contributed by atoms with Crippen molar-refractivity contribution in [3.63, 3.8) is 0 Å². The van der Waals surface area contributed by atoms with Crippen molar-refractivity contribution >= 4 is 5.69 Å². The van der Waals surface area contributed by atoms with Crippen LogP contribution in [-0.2, 0) is 0 Å². The first-order valence-electron chi connectivity index (χ1n) is 4.89. The average Bonchev–Trinajstić information content (AvgIpc) is 2.20. The van der Waals surface area contributed by atoms with Gasteiger partial charge in [0, 0.05) is 11.3 Å². The summed E-state index contributed by atoms with van der Waals surface area (Å²) in [5.74, 6) is -0.914. The van der Waals surface area contributed by atoms with Gasteiger partial charge in [0.25, 0.3) is 0 Å². The Morgan fingerprint density at radius 1 is 1.00 bits per heavy atom. The van der Waals surface area contributed by atoms with E-state index in [4.69, 9.17) is 5.73 Å². The van der Waals surface area contributed by atoms with Gasteiger partial charge in [-0.3, -0.25) is 0 Å². The van der Waals surface area contributed by atoms with E-state index in [1.54, 1.807) is 18.2 Å². The Kier molecular flexibility index (Phi) is 2.60. The molecule has 0 bridgehead atoms. The van der Waals surface area contributed by atoms with Crippen LogP contribution in [0.3, 0.4) is 0 Å². The third-order valence-corrected chi connectivity index (χ3v) is 2.34. The summed E-state index contributed by atoms with van der Waals surface area (Å²) in [6, 6.07) is 8.56. The number of hydrogen-bond donors (Lipinski definition) is 1. The lowest BCUT2D eigenvalue weighted by molar-refractivity contribution is 0.603. The lowest BCUT2D eigenvalue weighted by Gasteiger charge is -2.06. The largest absolute Gasteiger partial charge is 0.399 e. The predicted octanol–water partition coefficient (Wildman–Crippen LogP) is 3.52. The Hall–Kier alpha value is -1.90. The van der Waals surface area contributed by atoms with Gasteiger partial charge < -0.3 is 5.73 Å². The Morgan fingerprint density at radius 2 is 1.75 bits per heavy atom. The highest BCUT2D eigenvalue weighted by Gasteiger charge is 2.07. The molecule has 3 heteroatoms. The molecule has 0 radical (unpaired) electrons. The van der Waals surface area contributed by atoms with E-state index in [0.717, 1.165) is 17.7 Å². The predicted molar refractivity (Wildman–Crippen MR) is 60.9 cm³/mol. The van der Waals surface area contributed by atoms with Crippen molar-refractivity contribution in [2.24, 2.45) is 0 Å². The third-order valence-electron chi connectivity index (χ3n) is 2.34. The summed E-state index contributed by atoms with van der Waals surface area (Å²) in [6.45, 7) is 1.86. The highest BCUT2D eigenvalue weighted by molar-refractivity contribution is 5.69. The maximum Gasteiger partial charge on any atom is 0.131 e. The van der Waals surface area contributed by atoms with E-state index < -0.39 is 11.6 Å². The van der Waals surface area contributed by atoms with E-state index >= 15 is 0 Å². The summed E-state index contributed by atoms with van der Waals surface area (Å²) in [5, 5.41) is 0. The van der Waals surface area contributed by atoms with Gasteiger partial charge in [0.1, 0.15) is 11.6 Å². The van der Waals surface area contributed by atoms with Crippen molar-refractivity contribution < 1.29 is 8.78 Å². The van der Waals surface area contributed by atoms with Crippen LogP contribution in [0.15, 0.2) is 36.4 Å². The number of rotatable bonds is 1. The number of nitrogen functional groups attached to an aromatic ring is 1. The first-order chi connectivity index (χ1) is 7.56. The normalized spacial score (nSPS) is 10.4. The second-order valence-corrected chi connectivity index (χ2v) is 3.76. The third kappa shape index (κ3) is 2.03. The molecule has 0 unspecified atom stereocenters. The van der Waals surface area contributed by atoms with Crippen LogP contribution in [0.2, 0.25) is 0 Å². The van der Waals surface area contributed by atoms with E-state index in [-0.39, 0.29) is 5.56 Å². The molecule has 0 saturated heterocycles. The number of aryl methyl sites for hydroxylation is 1. The van der Waals surface area contributed by atoms with Gasteiger partial charge in [-0.15, -0.1) is 0 Å². The summed E-state index contributed by atoms with van der Waals surface area (Å²) in [5.41, 5.74) is 7.95.